The third-order valence-corrected chi connectivity index (χ3v) is 5.41. The standard InChI is InChI=1S/C20H21FN2O7S/c1-13(24)23-15-4-6-16(7-5-15)31(27,28)22-10-9-20(26)30-12-18(25)17-11-14(21)3-8-19(17)29-2/h3-8,11,22H,9-10,12H2,1-2H3,(H,23,24). The van der Waals surface area contributed by atoms with E-state index in [-0.39, 0.29) is 35.1 Å². The third-order valence-electron chi connectivity index (χ3n) is 3.93. The molecule has 0 bridgehead atoms. The third kappa shape index (κ3) is 7.15. The highest BCUT2D eigenvalue weighted by Gasteiger charge is 2.17. The Morgan fingerprint density at radius 1 is 1.06 bits per heavy atom. The van der Waals surface area contributed by atoms with Crippen LogP contribution in [-0.2, 0) is 24.3 Å². The Balaban J connectivity index is 1.84. The van der Waals surface area contributed by atoms with Gasteiger partial charge in [0.15, 0.2) is 6.61 Å². The number of anilines is 1. The fourth-order valence-corrected chi connectivity index (χ4v) is 3.52. The van der Waals surface area contributed by atoms with Crippen molar-refractivity contribution in [2.24, 2.45) is 0 Å². The number of carbonyl (C=O) groups is 3. The van der Waals surface area contributed by atoms with Gasteiger partial charge in [-0.3, -0.25) is 14.4 Å². The van der Waals surface area contributed by atoms with E-state index in [2.05, 4.69) is 10.0 Å². The molecule has 1 amide bonds. The van der Waals surface area contributed by atoms with E-state index in [0.717, 1.165) is 12.1 Å². The summed E-state index contributed by atoms with van der Waals surface area (Å²) in [5.41, 5.74) is 0.369. The summed E-state index contributed by atoms with van der Waals surface area (Å²) in [5.74, 6) is -2.27. The van der Waals surface area contributed by atoms with Gasteiger partial charge in [-0.1, -0.05) is 0 Å². The first kappa shape index (κ1) is 24.0. The van der Waals surface area contributed by atoms with E-state index in [1.54, 1.807) is 0 Å². The number of nitrogens with one attached hydrogen (secondary N) is 2. The summed E-state index contributed by atoms with van der Waals surface area (Å²) in [7, 11) is -2.57. The number of ether oxygens (including phenoxy) is 2. The molecule has 0 aliphatic carbocycles. The van der Waals surface area contributed by atoms with Crippen LogP contribution >= 0.6 is 0 Å². The van der Waals surface area contributed by atoms with Crippen molar-refractivity contribution in [1.82, 2.24) is 4.72 Å². The zero-order valence-corrected chi connectivity index (χ0v) is 17.6. The van der Waals surface area contributed by atoms with Crippen LogP contribution in [-0.4, -0.2) is 46.3 Å². The van der Waals surface area contributed by atoms with Crippen molar-refractivity contribution in [2.75, 3.05) is 25.6 Å². The Morgan fingerprint density at radius 3 is 2.35 bits per heavy atom. The van der Waals surface area contributed by atoms with E-state index in [0.29, 0.717) is 5.69 Å². The summed E-state index contributed by atoms with van der Waals surface area (Å²) in [4.78, 5) is 34.9. The average molecular weight is 452 g/mol. The van der Waals surface area contributed by atoms with Gasteiger partial charge in [0.25, 0.3) is 0 Å². The molecule has 0 radical (unpaired) electrons. The normalized spacial score (nSPS) is 10.9. The van der Waals surface area contributed by atoms with Crippen molar-refractivity contribution < 1.29 is 36.7 Å². The van der Waals surface area contributed by atoms with E-state index in [4.69, 9.17) is 9.47 Å². The molecule has 166 valence electrons. The monoisotopic (exact) mass is 452 g/mol. The molecule has 11 heteroatoms. The predicted octanol–water partition coefficient (Wildman–Crippen LogP) is 1.89. The largest absolute Gasteiger partial charge is 0.496 e. The molecule has 0 aromatic heterocycles. The first-order valence-electron chi connectivity index (χ1n) is 9.02. The maximum Gasteiger partial charge on any atom is 0.307 e. The van der Waals surface area contributed by atoms with Crippen molar-refractivity contribution in [2.45, 2.75) is 18.2 Å². The summed E-state index contributed by atoms with van der Waals surface area (Å²) >= 11 is 0. The molecule has 0 spiro atoms. The first-order chi connectivity index (χ1) is 14.6. The number of hydrogen-bond acceptors (Lipinski definition) is 7. The Kier molecular flexibility index (Phi) is 8.22. The lowest BCUT2D eigenvalue weighted by atomic mass is 10.1. The van der Waals surface area contributed by atoms with Crippen molar-refractivity contribution in [3.8, 4) is 5.75 Å². The summed E-state index contributed by atoms with van der Waals surface area (Å²) in [5, 5.41) is 2.52. The van der Waals surface area contributed by atoms with Gasteiger partial charge in [-0.2, -0.15) is 0 Å². The van der Waals surface area contributed by atoms with Crippen LogP contribution in [0.2, 0.25) is 0 Å². The number of ketones is 1. The molecule has 0 unspecified atom stereocenters. The van der Waals surface area contributed by atoms with Gasteiger partial charge < -0.3 is 14.8 Å². The number of hydrogen-bond donors (Lipinski definition) is 2. The minimum atomic E-state index is -3.88. The van der Waals surface area contributed by atoms with Crippen LogP contribution in [0.25, 0.3) is 0 Å². The molecule has 31 heavy (non-hydrogen) atoms. The second kappa shape index (κ2) is 10.6. The number of rotatable bonds is 10. The van der Waals surface area contributed by atoms with Crippen molar-refractivity contribution >= 4 is 33.4 Å². The Bertz CT molecular complexity index is 1070. The van der Waals surface area contributed by atoms with Gasteiger partial charge in [-0.05, 0) is 42.5 Å². The Labute approximate surface area is 178 Å². The van der Waals surface area contributed by atoms with Crippen LogP contribution in [0.3, 0.4) is 0 Å². The number of carbonyl (C=O) groups excluding carboxylic acids is 3. The zero-order valence-electron chi connectivity index (χ0n) is 16.8. The van der Waals surface area contributed by atoms with Gasteiger partial charge in [0.2, 0.25) is 21.7 Å². The number of Topliss-reactive ketones (excluding diaryl/α,β-unsaturated/α-hetero) is 1. The molecule has 2 aromatic rings. The molecule has 0 saturated carbocycles. The van der Waals surface area contributed by atoms with Gasteiger partial charge in [0.05, 0.1) is 24.0 Å². The minimum Gasteiger partial charge on any atom is -0.496 e. The van der Waals surface area contributed by atoms with Crippen LogP contribution in [0, 0.1) is 5.82 Å². The Hall–Kier alpha value is -3.31. The first-order valence-corrected chi connectivity index (χ1v) is 10.5. The van der Waals surface area contributed by atoms with Gasteiger partial charge in [-0.15, -0.1) is 0 Å². The lowest BCUT2D eigenvalue weighted by Crippen LogP contribution is -2.27. The maximum absolute atomic E-state index is 13.3. The summed E-state index contributed by atoms with van der Waals surface area (Å²) < 4.78 is 49.9. The molecule has 9 nitrogen and oxygen atoms in total. The fourth-order valence-electron chi connectivity index (χ4n) is 2.49. The molecule has 0 aliphatic rings. The molecule has 0 saturated heterocycles. The number of amides is 1. The van der Waals surface area contributed by atoms with Gasteiger partial charge in [0.1, 0.15) is 11.6 Å². The second-order valence-corrected chi connectivity index (χ2v) is 8.05. The van der Waals surface area contributed by atoms with Crippen molar-refractivity contribution in [1.29, 1.82) is 0 Å². The lowest BCUT2D eigenvalue weighted by Gasteiger charge is -2.09. The molecular weight excluding hydrogens is 431 g/mol. The second-order valence-electron chi connectivity index (χ2n) is 6.28. The molecular formula is C20H21FN2O7S. The SMILES string of the molecule is COc1ccc(F)cc1C(=O)COC(=O)CCNS(=O)(=O)c1ccc(NC(C)=O)cc1. The smallest absolute Gasteiger partial charge is 0.307 e. The highest BCUT2D eigenvalue weighted by molar-refractivity contribution is 7.89. The number of methoxy groups -OCH3 is 1. The molecule has 2 rings (SSSR count). The number of halogens is 1. The molecule has 2 N–H and O–H groups in total. The fraction of sp³-hybridized carbons (Fsp3) is 0.250. The Morgan fingerprint density at radius 2 is 1.74 bits per heavy atom. The lowest BCUT2D eigenvalue weighted by molar-refractivity contribution is -0.142. The van der Waals surface area contributed by atoms with Gasteiger partial charge in [0, 0.05) is 19.2 Å². The molecule has 0 aliphatic heterocycles. The highest BCUT2D eigenvalue weighted by Crippen LogP contribution is 2.20. The van der Waals surface area contributed by atoms with Gasteiger partial charge >= 0.3 is 5.97 Å². The number of esters is 1. The van der Waals surface area contributed by atoms with Crippen LogP contribution in [0.5, 0.6) is 5.75 Å². The van der Waals surface area contributed by atoms with E-state index >= 15 is 0 Å². The van der Waals surface area contributed by atoms with Crippen LogP contribution in [0.1, 0.15) is 23.7 Å². The van der Waals surface area contributed by atoms with Crippen molar-refractivity contribution in [3.05, 3.63) is 53.8 Å². The minimum absolute atomic E-state index is 0.0525. The van der Waals surface area contributed by atoms with Crippen LogP contribution < -0.4 is 14.8 Å². The molecule has 0 atom stereocenters. The average Bonchev–Trinajstić information content (AvgIpc) is 2.71. The summed E-state index contributed by atoms with van der Waals surface area (Å²) in [6.45, 7) is 0.426. The zero-order chi connectivity index (χ0) is 23.0. The van der Waals surface area contributed by atoms with E-state index in [1.807, 2.05) is 0 Å². The van der Waals surface area contributed by atoms with E-state index < -0.39 is 34.2 Å². The van der Waals surface area contributed by atoms with E-state index in [1.165, 1.54) is 44.4 Å². The number of benzene rings is 2. The summed E-state index contributed by atoms with van der Waals surface area (Å²) in [6.07, 6.45) is -0.323. The van der Waals surface area contributed by atoms with Crippen molar-refractivity contribution in [3.63, 3.8) is 0 Å². The quantitative estimate of drug-likeness (QED) is 0.416. The highest BCUT2D eigenvalue weighted by atomic mass is 32.2. The molecule has 2 aromatic carbocycles. The molecule has 0 heterocycles. The topological polar surface area (TPSA) is 128 Å². The summed E-state index contributed by atoms with van der Waals surface area (Å²) in [6, 6.07) is 8.84. The van der Waals surface area contributed by atoms with Crippen LogP contribution in [0.4, 0.5) is 10.1 Å². The van der Waals surface area contributed by atoms with Crippen LogP contribution in [0.15, 0.2) is 47.4 Å². The predicted molar refractivity (Wildman–Crippen MR) is 109 cm³/mol. The van der Waals surface area contributed by atoms with E-state index in [9.17, 15) is 27.2 Å². The van der Waals surface area contributed by atoms with Gasteiger partial charge in [-0.25, -0.2) is 17.5 Å². The molecule has 0 fully saturated rings. The maximum atomic E-state index is 13.3. The number of sulfonamides is 1.